The Kier molecular flexibility index (Phi) is 8.02. The zero-order valence-electron chi connectivity index (χ0n) is 19.2. The second-order valence-corrected chi connectivity index (χ2v) is 9.93. The van der Waals surface area contributed by atoms with Gasteiger partial charge in [0, 0.05) is 11.4 Å². The molecule has 0 fully saturated rings. The quantitative estimate of drug-likeness (QED) is 0.379. The third kappa shape index (κ3) is 5.63. The van der Waals surface area contributed by atoms with Crippen molar-refractivity contribution in [3.8, 4) is 0 Å². The maximum atomic E-state index is 14.1. The van der Waals surface area contributed by atoms with Crippen LogP contribution < -0.4 is 5.32 Å². The molecule has 1 atom stereocenters. The molecule has 0 spiro atoms. The van der Waals surface area contributed by atoms with Crippen LogP contribution >= 0.6 is 7.60 Å². The fourth-order valence-corrected chi connectivity index (χ4v) is 6.09. The van der Waals surface area contributed by atoms with Crippen LogP contribution in [-0.4, -0.2) is 25.3 Å². The molecule has 1 aromatic rings. The molecule has 32 heavy (non-hydrogen) atoms. The second kappa shape index (κ2) is 9.81. The second-order valence-electron chi connectivity index (χ2n) is 8.03. The Balaban J connectivity index is 2.85. The van der Waals surface area contributed by atoms with E-state index in [1.165, 1.54) is 19.2 Å². The summed E-state index contributed by atoms with van der Waals surface area (Å²) in [4.78, 5) is 12.7. The van der Waals surface area contributed by atoms with E-state index in [4.69, 9.17) is 13.8 Å². The molecule has 1 N–H and O–H groups in total. The van der Waals surface area contributed by atoms with Gasteiger partial charge in [0.1, 0.15) is 0 Å². The molecule has 178 valence electrons. The average molecular weight is 475 g/mol. The van der Waals surface area contributed by atoms with Crippen LogP contribution in [0, 0.1) is 0 Å². The molecule has 1 aromatic carbocycles. The zero-order chi connectivity index (χ0) is 24.4. The third-order valence-electron chi connectivity index (χ3n) is 4.67. The van der Waals surface area contributed by atoms with Crippen molar-refractivity contribution in [3.05, 3.63) is 57.7 Å². The van der Waals surface area contributed by atoms with Crippen molar-refractivity contribution in [1.29, 1.82) is 0 Å². The predicted molar refractivity (Wildman–Crippen MR) is 115 cm³/mol. The first-order valence-corrected chi connectivity index (χ1v) is 11.7. The lowest BCUT2D eigenvalue weighted by Crippen LogP contribution is -2.30. The Morgan fingerprint density at radius 1 is 1.06 bits per heavy atom. The number of carbonyl (C=O) groups excluding carboxylic acids is 1. The fraction of sp³-hybridized carbons (Fsp3) is 0.500. The lowest BCUT2D eigenvalue weighted by atomic mass is 9.85. The van der Waals surface area contributed by atoms with Gasteiger partial charge >= 0.3 is 19.7 Å². The van der Waals surface area contributed by atoms with E-state index in [-0.39, 0.29) is 16.5 Å². The van der Waals surface area contributed by atoms with Gasteiger partial charge in [-0.3, -0.25) is 4.57 Å². The highest BCUT2D eigenvalue weighted by Crippen LogP contribution is 2.65. The molecule has 6 nitrogen and oxygen atoms in total. The molecule has 0 saturated heterocycles. The van der Waals surface area contributed by atoms with Crippen LogP contribution in [-0.2, 0) is 29.3 Å². The van der Waals surface area contributed by atoms with E-state index < -0.39 is 43.4 Å². The van der Waals surface area contributed by atoms with Gasteiger partial charge in [0.2, 0.25) is 0 Å². The number of ether oxygens (including phenoxy) is 1. The number of allylic oxidation sites excluding steroid dienone is 3. The molecule has 0 radical (unpaired) electrons. The standard InChI is InChI=1S/C22H29F3NO5P/c1-12(2)30-32(28,31-13(3)4)20-15(6)26-14(5)18(21(27)29-7)19(20)16-9-8-10-17(11-16)22(23,24)25/h8-13,19,26H,1-7H3. The van der Waals surface area contributed by atoms with Crippen LogP contribution in [0.5, 0.6) is 0 Å². The molecule has 1 aliphatic rings. The fourth-order valence-electron chi connectivity index (χ4n) is 3.64. The highest BCUT2D eigenvalue weighted by atomic mass is 31.2. The molecule has 2 rings (SSSR count). The summed E-state index contributed by atoms with van der Waals surface area (Å²) in [5.41, 5.74) is 0.0165. The molecular formula is C22H29F3NO5P. The Morgan fingerprint density at radius 3 is 2.09 bits per heavy atom. The Labute approximate surface area is 186 Å². The van der Waals surface area contributed by atoms with Crippen molar-refractivity contribution >= 4 is 13.6 Å². The number of halogens is 3. The highest BCUT2D eigenvalue weighted by molar-refractivity contribution is 7.58. The number of esters is 1. The predicted octanol–water partition coefficient (Wildman–Crippen LogP) is 6.11. The lowest BCUT2D eigenvalue weighted by molar-refractivity contribution is -0.137. The third-order valence-corrected chi connectivity index (χ3v) is 7.25. The Morgan fingerprint density at radius 2 is 1.62 bits per heavy atom. The van der Waals surface area contributed by atoms with Gasteiger partial charge in [-0.05, 0) is 53.2 Å². The number of dihydropyridines is 1. The van der Waals surface area contributed by atoms with Crippen molar-refractivity contribution in [3.63, 3.8) is 0 Å². The lowest BCUT2D eigenvalue weighted by Gasteiger charge is -2.35. The Hall–Kier alpha value is -2.09. The minimum atomic E-state index is -4.60. The van der Waals surface area contributed by atoms with Crippen LogP contribution in [0.15, 0.2) is 46.5 Å². The van der Waals surface area contributed by atoms with Crippen molar-refractivity contribution in [1.82, 2.24) is 5.32 Å². The Bertz CT molecular complexity index is 968. The first-order chi connectivity index (χ1) is 14.7. The number of benzene rings is 1. The minimum Gasteiger partial charge on any atom is -0.466 e. The first-order valence-electron chi connectivity index (χ1n) is 10.1. The summed E-state index contributed by atoms with van der Waals surface area (Å²) in [5.74, 6) is -1.89. The zero-order valence-corrected chi connectivity index (χ0v) is 20.1. The van der Waals surface area contributed by atoms with E-state index in [2.05, 4.69) is 5.32 Å². The summed E-state index contributed by atoms with van der Waals surface area (Å²) in [6.45, 7) is 9.90. The summed E-state index contributed by atoms with van der Waals surface area (Å²) < 4.78 is 70.9. The minimum absolute atomic E-state index is 0.0346. The smallest absolute Gasteiger partial charge is 0.416 e. The van der Waals surface area contributed by atoms with Crippen molar-refractivity contribution in [2.75, 3.05) is 7.11 Å². The van der Waals surface area contributed by atoms with Crippen LogP contribution in [0.25, 0.3) is 0 Å². The van der Waals surface area contributed by atoms with Gasteiger partial charge in [-0.25, -0.2) is 4.79 Å². The summed E-state index contributed by atoms with van der Waals surface area (Å²) in [7, 11) is -2.89. The number of hydrogen-bond acceptors (Lipinski definition) is 6. The molecule has 1 unspecified atom stereocenters. The first kappa shape index (κ1) is 26.2. The largest absolute Gasteiger partial charge is 0.466 e. The average Bonchev–Trinajstić information content (AvgIpc) is 2.64. The van der Waals surface area contributed by atoms with Gasteiger partial charge in [-0.1, -0.05) is 18.2 Å². The van der Waals surface area contributed by atoms with Gasteiger partial charge in [-0.2, -0.15) is 13.2 Å². The maximum absolute atomic E-state index is 14.1. The molecular weight excluding hydrogens is 446 g/mol. The molecule has 1 aliphatic heterocycles. The summed E-state index contributed by atoms with van der Waals surface area (Å²) in [6.07, 6.45) is -5.63. The molecule has 10 heteroatoms. The van der Waals surface area contributed by atoms with E-state index in [0.29, 0.717) is 11.4 Å². The van der Waals surface area contributed by atoms with Gasteiger partial charge in [-0.15, -0.1) is 0 Å². The molecule has 1 heterocycles. The highest BCUT2D eigenvalue weighted by Gasteiger charge is 2.46. The molecule has 0 saturated carbocycles. The number of alkyl halides is 3. The van der Waals surface area contributed by atoms with Crippen LogP contribution in [0.3, 0.4) is 0 Å². The van der Waals surface area contributed by atoms with Crippen molar-refractivity contribution in [2.24, 2.45) is 0 Å². The van der Waals surface area contributed by atoms with Crippen LogP contribution in [0.4, 0.5) is 13.2 Å². The van der Waals surface area contributed by atoms with E-state index >= 15 is 0 Å². The van der Waals surface area contributed by atoms with E-state index in [1.54, 1.807) is 41.5 Å². The monoisotopic (exact) mass is 475 g/mol. The SMILES string of the molecule is COC(=O)C1=C(C)NC(C)=C(P(=O)(OC(C)C)OC(C)C)C1c1cccc(C(F)(F)F)c1. The normalized spacial score (nSPS) is 17.8. The molecule has 0 aliphatic carbocycles. The number of hydrogen-bond donors (Lipinski definition) is 1. The van der Waals surface area contributed by atoms with Crippen molar-refractivity contribution in [2.45, 2.75) is 65.8 Å². The number of carbonyl (C=O) groups is 1. The van der Waals surface area contributed by atoms with E-state index in [9.17, 15) is 22.5 Å². The van der Waals surface area contributed by atoms with E-state index in [0.717, 1.165) is 12.1 Å². The number of methoxy groups -OCH3 is 1. The molecule has 0 bridgehead atoms. The van der Waals surface area contributed by atoms with Gasteiger partial charge in [0.15, 0.2) is 0 Å². The summed E-state index contributed by atoms with van der Waals surface area (Å²) in [6, 6.07) is 4.57. The van der Waals surface area contributed by atoms with Gasteiger partial charge in [0.05, 0.1) is 41.7 Å². The number of nitrogens with one attached hydrogen (secondary N) is 1. The van der Waals surface area contributed by atoms with Crippen LogP contribution in [0.1, 0.15) is 58.6 Å². The summed E-state index contributed by atoms with van der Waals surface area (Å²) >= 11 is 0. The van der Waals surface area contributed by atoms with E-state index in [1.807, 2.05) is 0 Å². The molecule has 0 aromatic heterocycles. The van der Waals surface area contributed by atoms with Crippen molar-refractivity contribution < 1.29 is 36.3 Å². The maximum Gasteiger partial charge on any atom is 0.416 e. The topological polar surface area (TPSA) is 73.9 Å². The van der Waals surface area contributed by atoms with Gasteiger partial charge < -0.3 is 19.1 Å². The molecule has 0 amide bonds. The van der Waals surface area contributed by atoms with Crippen LogP contribution in [0.2, 0.25) is 0 Å². The number of rotatable bonds is 7. The van der Waals surface area contributed by atoms with Gasteiger partial charge in [0.25, 0.3) is 0 Å². The summed E-state index contributed by atoms with van der Waals surface area (Å²) in [5, 5.41) is 3.07.